The van der Waals surface area contributed by atoms with Crippen LogP contribution in [-0.2, 0) is 11.2 Å². The Morgan fingerprint density at radius 2 is 2.27 bits per heavy atom. The molecule has 0 spiro atoms. The number of amides is 1. The van der Waals surface area contributed by atoms with E-state index in [1.165, 1.54) is 0 Å². The number of nitrogens with one attached hydrogen (secondary N) is 2. The van der Waals surface area contributed by atoms with Crippen molar-refractivity contribution in [1.82, 2.24) is 20.2 Å². The predicted octanol–water partition coefficient (Wildman–Crippen LogP) is 2.03. The summed E-state index contributed by atoms with van der Waals surface area (Å²) in [5.74, 6) is 1.15. The summed E-state index contributed by atoms with van der Waals surface area (Å²) in [7, 11) is 0. The minimum Gasteiger partial charge on any atom is -0.354 e. The Labute approximate surface area is 131 Å². The molecule has 5 nitrogen and oxygen atoms in total. The van der Waals surface area contributed by atoms with Gasteiger partial charge in [0, 0.05) is 19.0 Å². The van der Waals surface area contributed by atoms with Crippen molar-refractivity contribution in [2.45, 2.75) is 45.2 Å². The fraction of sp³-hybridized carbons (Fsp3) is 0.529. The zero-order chi connectivity index (χ0) is 15.5. The number of aromatic nitrogens is 2. The van der Waals surface area contributed by atoms with Crippen LogP contribution < -0.4 is 10.6 Å². The fourth-order valence-electron chi connectivity index (χ4n) is 3.18. The number of fused-ring (bicyclic) bond motifs is 1. The van der Waals surface area contributed by atoms with Gasteiger partial charge in [-0.1, -0.05) is 12.1 Å². The molecule has 1 atom stereocenters. The molecule has 2 N–H and O–H groups in total. The molecule has 0 bridgehead atoms. The van der Waals surface area contributed by atoms with E-state index in [-0.39, 0.29) is 11.9 Å². The first kappa shape index (κ1) is 15.0. The number of rotatable bonds is 5. The highest BCUT2D eigenvalue weighted by atomic mass is 16.2. The maximum absolute atomic E-state index is 12.0. The predicted molar refractivity (Wildman–Crippen MR) is 87.9 cm³/mol. The quantitative estimate of drug-likeness (QED) is 0.888. The molecule has 1 unspecified atom stereocenters. The number of carbonyl (C=O) groups is 1. The number of hydrogen-bond donors (Lipinski definition) is 2. The normalized spacial score (nSPS) is 18.2. The van der Waals surface area contributed by atoms with Gasteiger partial charge >= 0.3 is 0 Å². The van der Waals surface area contributed by atoms with E-state index in [0.717, 1.165) is 42.7 Å². The van der Waals surface area contributed by atoms with Crippen LogP contribution >= 0.6 is 0 Å². The lowest BCUT2D eigenvalue weighted by Gasteiger charge is -2.14. The average molecular weight is 300 g/mol. The second-order valence-corrected chi connectivity index (χ2v) is 6.17. The second-order valence-electron chi connectivity index (χ2n) is 6.17. The molecule has 1 saturated heterocycles. The van der Waals surface area contributed by atoms with E-state index >= 15 is 0 Å². The minimum absolute atomic E-state index is 0.0103. The zero-order valence-electron chi connectivity index (χ0n) is 13.3. The second kappa shape index (κ2) is 6.48. The van der Waals surface area contributed by atoms with Crippen LogP contribution in [0.1, 0.15) is 38.6 Å². The van der Waals surface area contributed by atoms with Crippen LogP contribution in [0, 0.1) is 0 Å². The van der Waals surface area contributed by atoms with Crippen molar-refractivity contribution in [3.63, 3.8) is 0 Å². The van der Waals surface area contributed by atoms with Gasteiger partial charge in [-0.25, -0.2) is 4.98 Å². The van der Waals surface area contributed by atoms with Gasteiger partial charge in [0.2, 0.25) is 5.91 Å². The first-order valence-electron chi connectivity index (χ1n) is 8.14. The summed E-state index contributed by atoms with van der Waals surface area (Å²) in [5.41, 5.74) is 2.19. The van der Waals surface area contributed by atoms with Gasteiger partial charge < -0.3 is 15.2 Å². The van der Waals surface area contributed by atoms with Gasteiger partial charge in [-0.2, -0.15) is 0 Å². The molecule has 3 rings (SSSR count). The molecular formula is C17H24N4O. The van der Waals surface area contributed by atoms with E-state index in [0.29, 0.717) is 12.6 Å². The van der Waals surface area contributed by atoms with Gasteiger partial charge in [-0.15, -0.1) is 0 Å². The Morgan fingerprint density at radius 1 is 1.45 bits per heavy atom. The Hall–Kier alpha value is -1.88. The lowest BCUT2D eigenvalue weighted by Crippen LogP contribution is -2.41. The van der Waals surface area contributed by atoms with Crippen molar-refractivity contribution in [1.29, 1.82) is 0 Å². The third-order valence-corrected chi connectivity index (χ3v) is 4.21. The Kier molecular flexibility index (Phi) is 4.43. The SMILES string of the molecule is CC(C)n1c(CCNC(=O)C2CCCN2)nc2ccccc21. The molecule has 1 fully saturated rings. The van der Waals surface area contributed by atoms with Crippen molar-refractivity contribution in [2.75, 3.05) is 13.1 Å². The number of carbonyl (C=O) groups excluding carboxylic acids is 1. The average Bonchev–Trinajstić information content (AvgIpc) is 3.14. The molecule has 118 valence electrons. The highest BCUT2D eigenvalue weighted by molar-refractivity contribution is 5.82. The van der Waals surface area contributed by atoms with Crippen LogP contribution in [-0.4, -0.2) is 34.6 Å². The summed E-state index contributed by atoms with van der Waals surface area (Å²) in [6.07, 6.45) is 2.78. The van der Waals surface area contributed by atoms with Crippen LogP contribution in [0.5, 0.6) is 0 Å². The van der Waals surface area contributed by atoms with Gasteiger partial charge in [-0.05, 0) is 45.4 Å². The summed E-state index contributed by atoms with van der Waals surface area (Å²) >= 11 is 0. The Balaban J connectivity index is 1.68. The lowest BCUT2D eigenvalue weighted by atomic mass is 10.2. The summed E-state index contributed by atoms with van der Waals surface area (Å²) in [5, 5.41) is 6.25. The summed E-state index contributed by atoms with van der Waals surface area (Å²) in [6, 6.07) is 8.54. The van der Waals surface area contributed by atoms with Gasteiger partial charge in [0.05, 0.1) is 17.1 Å². The minimum atomic E-state index is -0.0103. The molecule has 5 heteroatoms. The highest BCUT2D eigenvalue weighted by Gasteiger charge is 2.21. The van der Waals surface area contributed by atoms with E-state index in [1.54, 1.807) is 0 Å². The van der Waals surface area contributed by atoms with E-state index < -0.39 is 0 Å². The smallest absolute Gasteiger partial charge is 0.237 e. The van der Waals surface area contributed by atoms with Crippen LogP contribution in [0.25, 0.3) is 11.0 Å². The topological polar surface area (TPSA) is 59.0 Å². The molecule has 0 aliphatic carbocycles. The molecule has 2 heterocycles. The number of imidazole rings is 1. The van der Waals surface area contributed by atoms with Gasteiger partial charge in [-0.3, -0.25) is 4.79 Å². The van der Waals surface area contributed by atoms with Crippen LogP contribution in [0.2, 0.25) is 0 Å². The van der Waals surface area contributed by atoms with Crippen molar-refractivity contribution in [3.05, 3.63) is 30.1 Å². The molecule has 1 amide bonds. The van der Waals surface area contributed by atoms with Gasteiger partial charge in [0.25, 0.3) is 0 Å². The fourth-order valence-corrected chi connectivity index (χ4v) is 3.18. The summed E-state index contributed by atoms with van der Waals surface area (Å²) < 4.78 is 2.26. The number of nitrogens with zero attached hydrogens (tertiary/aromatic N) is 2. The van der Waals surface area contributed by atoms with E-state index in [9.17, 15) is 4.79 Å². The molecule has 2 aromatic rings. The molecule has 1 aromatic carbocycles. The van der Waals surface area contributed by atoms with Crippen molar-refractivity contribution >= 4 is 16.9 Å². The van der Waals surface area contributed by atoms with Crippen molar-refractivity contribution < 1.29 is 4.79 Å². The molecule has 1 aromatic heterocycles. The molecule has 0 saturated carbocycles. The molecule has 1 aliphatic rings. The first-order valence-corrected chi connectivity index (χ1v) is 8.14. The number of hydrogen-bond acceptors (Lipinski definition) is 3. The van der Waals surface area contributed by atoms with Crippen LogP contribution in [0.3, 0.4) is 0 Å². The highest BCUT2D eigenvalue weighted by Crippen LogP contribution is 2.21. The van der Waals surface area contributed by atoms with E-state index in [1.807, 2.05) is 18.2 Å². The van der Waals surface area contributed by atoms with Crippen LogP contribution in [0.4, 0.5) is 0 Å². The summed E-state index contributed by atoms with van der Waals surface area (Å²) in [4.78, 5) is 16.7. The van der Waals surface area contributed by atoms with Gasteiger partial charge in [0.15, 0.2) is 0 Å². The molecule has 22 heavy (non-hydrogen) atoms. The van der Waals surface area contributed by atoms with Crippen molar-refractivity contribution in [2.24, 2.45) is 0 Å². The Bertz CT molecular complexity index is 656. The lowest BCUT2D eigenvalue weighted by molar-refractivity contribution is -0.122. The van der Waals surface area contributed by atoms with E-state index in [2.05, 4.69) is 35.1 Å². The maximum atomic E-state index is 12.0. The van der Waals surface area contributed by atoms with Gasteiger partial charge in [0.1, 0.15) is 5.82 Å². The molecule has 1 aliphatic heterocycles. The van der Waals surface area contributed by atoms with E-state index in [4.69, 9.17) is 4.98 Å². The maximum Gasteiger partial charge on any atom is 0.237 e. The molecular weight excluding hydrogens is 276 g/mol. The monoisotopic (exact) mass is 300 g/mol. The zero-order valence-corrected chi connectivity index (χ0v) is 13.3. The summed E-state index contributed by atoms with van der Waals surface area (Å²) in [6.45, 7) is 5.91. The third kappa shape index (κ3) is 2.99. The first-order chi connectivity index (χ1) is 10.7. The number of benzene rings is 1. The molecule has 0 radical (unpaired) electrons. The standard InChI is InChI=1S/C17H24N4O/c1-12(2)21-15-8-4-3-6-13(15)20-16(21)9-11-19-17(22)14-7-5-10-18-14/h3-4,6,8,12,14,18H,5,7,9-11H2,1-2H3,(H,19,22). The number of para-hydroxylation sites is 2. The third-order valence-electron chi connectivity index (χ3n) is 4.21. The largest absolute Gasteiger partial charge is 0.354 e. The van der Waals surface area contributed by atoms with Crippen LogP contribution in [0.15, 0.2) is 24.3 Å². The Morgan fingerprint density at radius 3 is 3.00 bits per heavy atom. The van der Waals surface area contributed by atoms with Crippen molar-refractivity contribution in [3.8, 4) is 0 Å².